The van der Waals surface area contributed by atoms with Crippen molar-refractivity contribution in [1.29, 1.82) is 0 Å². The third-order valence-corrected chi connectivity index (χ3v) is 23.3. The summed E-state index contributed by atoms with van der Waals surface area (Å²) < 4.78 is 96.1. The number of aromatic nitrogens is 4. The number of hydrogen-bond donors (Lipinski definition) is 7. The van der Waals surface area contributed by atoms with Crippen LogP contribution in [-0.2, 0) is 98.0 Å². The minimum atomic E-state index is -4.67. The van der Waals surface area contributed by atoms with Crippen molar-refractivity contribution in [2.24, 2.45) is 0 Å². The van der Waals surface area contributed by atoms with Crippen molar-refractivity contribution in [2.75, 3.05) is 60.7 Å². The van der Waals surface area contributed by atoms with Crippen LogP contribution in [0.25, 0.3) is 46.6 Å². The first-order valence-corrected chi connectivity index (χ1v) is 43.3. The first-order chi connectivity index (χ1) is 56.9. The van der Waals surface area contributed by atoms with Gasteiger partial charge in [0.25, 0.3) is 23.6 Å². The van der Waals surface area contributed by atoms with E-state index in [0.29, 0.717) is 50.6 Å². The highest BCUT2D eigenvalue weighted by Gasteiger charge is 2.40. The van der Waals surface area contributed by atoms with E-state index in [1.807, 2.05) is 243 Å². The number of H-pyrrole nitrogens is 4. The van der Waals surface area contributed by atoms with Crippen molar-refractivity contribution in [3.05, 3.63) is 319 Å². The molecule has 0 bridgehead atoms. The maximum Gasteiger partial charge on any atom is 0.477 e. The second-order valence-corrected chi connectivity index (χ2v) is 34.2. The number of benzene rings is 7. The Bertz CT molecular complexity index is 5840. The molecular formula is C91H106N8O20P4. The van der Waals surface area contributed by atoms with E-state index in [1.54, 1.807) is 48.6 Å². The van der Waals surface area contributed by atoms with E-state index in [4.69, 9.17) is 41.5 Å². The smallest absolute Gasteiger partial charge is 0.359 e. The quantitative estimate of drug-likeness (QED) is 0.0186. The lowest BCUT2D eigenvalue weighted by atomic mass is 10.1. The van der Waals surface area contributed by atoms with Crippen molar-refractivity contribution in [3.8, 4) is 0 Å². The Balaban J connectivity index is 0.000000205. The number of fused-ring (bicyclic) bond motifs is 4. The zero-order valence-corrected chi connectivity index (χ0v) is 70.4. The molecule has 123 heavy (non-hydrogen) atoms. The van der Waals surface area contributed by atoms with Crippen LogP contribution < -0.4 is 19.6 Å². The van der Waals surface area contributed by atoms with E-state index in [0.717, 1.165) is 108 Å². The first kappa shape index (κ1) is 97.4. The molecular weight excluding hydrogens is 1650 g/mol. The Labute approximate surface area is 717 Å². The number of aryl methyl sites for hydroxylation is 8. The Morgan fingerprint density at radius 2 is 0.545 bits per heavy atom. The van der Waals surface area contributed by atoms with Crippen LogP contribution in [-0.4, -0.2) is 99.4 Å². The summed E-state index contributed by atoms with van der Waals surface area (Å²) in [6, 6.07) is 65.2. The molecule has 0 radical (unpaired) electrons. The van der Waals surface area contributed by atoms with Gasteiger partial charge in [0.15, 0.2) is 0 Å². The number of nitrogens with zero attached hydrogens (tertiary/aromatic N) is 4. The van der Waals surface area contributed by atoms with Crippen LogP contribution in [0.1, 0.15) is 136 Å². The largest absolute Gasteiger partial charge is 0.477 e. The van der Waals surface area contributed by atoms with E-state index >= 15 is 0 Å². The maximum absolute atomic E-state index is 13.7. The summed E-state index contributed by atoms with van der Waals surface area (Å²) >= 11 is 0. The van der Waals surface area contributed by atoms with Gasteiger partial charge in [-0.2, -0.15) is 0 Å². The lowest BCUT2D eigenvalue weighted by molar-refractivity contribution is -0.114. The molecule has 28 nitrogen and oxygen atoms in total. The van der Waals surface area contributed by atoms with Crippen LogP contribution in [0.3, 0.4) is 0 Å². The van der Waals surface area contributed by atoms with Crippen LogP contribution in [0, 0.1) is 55.4 Å². The monoisotopic (exact) mass is 1750 g/mol. The molecule has 7 N–H and O–H groups in total. The highest BCUT2D eigenvalue weighted by Crippen LogP contribution is 2.54. The normalized spacial score (nSPS) is 15.5. The second kappa shape index (κ2) is 42.8. The lowest BCUT2D eigenvalue weighted by Gasteiger charge is -2.22. The number of nitrogens with one attached hydrogen (secondary N) is 4. The summed E-state index contributed by atoms with van der Waals surface area (Å²) in [5, 5.41) is 0. The van der Waals surface area contributed by atoms with E-state index in [-0.39, 0.29) is 93.3 Å². The molecule has 15 rings (SSSR count). The highest BCUT2D eigenvalue weighted by molar-refractivity contribution is 7.48. The predicted octanol–water partition coefficient (Wildman–Crippen LogP) is 20.9. The van der Waals surface area contributed by atoms with E-state index in [9.17, 15) is 42.3 Å². The number of anilines is 4. The zero-order valence-electron chi connectivity index (χ0n) is 66.8. The van der Waals surface area contributed by atoms with E-state index in [1.165, 1.54) is 26.7 Å². The molecule has 4 amide bonds. The fourth-order valence-corrected chi connectivity index (χ4v) is 16.1. The average molecular weight is 1760 g/mol. The first-order valence-electron chi connectivity index (χ1n) is 37.4. The Hall–Kier alpha value is -11.1. The molecule has 4 aromatic heterocycles. The summed E-state index contributed by atoms with van der Waals surface area (Å²) in [5.74, 6) is -1.17. The van der Waals surface area contributed by atoms with Crippen LogP contribution >= 0.6 is 31.3 Å². The topological polar surface area (TPSA) is 356 Å². The molecule has 11 aromatic rings. The predicted molar refractivity (Wildman–Crippen MR) is 484 cm³/mol. The SMILES string of the molecule is C.C.C.C.COP(=O)(O)OCN1C(=O)/C(=C\c2[nH]c(C)cc2C)c2ccccc21.COP(=O)(OCc1ccccc1)OCN1C(=O)/C(=C\c2[nH]c(C)cc2C)c2ccccc21.Cc1cc(C)c(/C=C2\C(=O)N(COP(=O)(O)O)c3ccccc32)[nH]1.Cc1cc(C)c(/C=C2\C(=O)N(COP(=O)(OCc3ccccc3)OCc3ccccc3)c3ccccc32)[nH]1. The fourth-order valence-electron chi connectivity index (χ4n) is 13.5. The van der Waals surface area contributed by atoms with Gasteiger partial charge in [-0.25, -0.2) is 18.3 Å². The van der Waals surface area contributed by atoms with Crippen LogP contribution in [0.4, 0.5) is 22.7 Å². The zero-order chi connectivity index (χ0) is 84.9. The molecule has 4 aliphatic rings. The van der Waals surface area contributed by atoms with Gasteiger partial charge in [0, 0.05) is 82.0 Å². The Morgan fingerprint density at radius 3 is 0.789 bits per heavy atom. The number of amides is 4. The fraction of sp³-hybridized carbons (Fsp3) is 0.231. The minimum absolute atomic E-state index is 0. The molecule has 8 heterocycles. The summed E-state index contributed by atoms with van der Waals surface area (Å²) in [6.45, 7) is 14.4. The van der Waals surface area contributed by atoms with Crippen LogP contribution in [0.2, 0.25) is 0 Å². The van der Waals surface area contributed by atoms with Gasteiger partial charge >= 0.3 is 31.3 Å². The number of aromatic amines is 4. The summed E-state index contributed by atoms with van der Waals surface area (Å²) in [4.78, 5) is 97.9. The summed E-state index contributed by atoms with van der Waals surface area (Å²) in [5.41, 5.74) is 21.6. The number of phosphoric ester groups is 4. The number of phosphoric acid groups is 4. The van der Waals surface area contributed by atoms with Crippen molar-refractivity contribution in [1.82, 2.24) is 19.9 Å². The third kappa shape index (κ3) is 24.3. The van der Waals surface area contributed by atoms with Crippen molar-refractivity contribution in [3.63, 3.8) is 0 Å². The molecule has 0 fully saturated rings. The van der Waals surface area contributed by atoms with Crippen LogP contribution in [0.15, 0.2) is 212 Å². The van der Waals surface area contributed by atoms with Crippen molar-refractivity contribution < 1.29 is 92.8 Å². The van der Waals surface area contributed by atoms with E-state index < -0.39 is 38.0 Å². The van der Waals surface area contributed by atoms with Gasteiger partial charge in [-0.15, -0.1) is 0 Å². The van der Waals surface area contributed by atoms with Gasteiger partial charge in [0.2, 0.25) is 0 Å². The lowest BCUT2D eigenvalue weighted by Crippen LogP contribution is -2.28. The number of carbonyl (C=O) groups excluding carboxylic acids is 4. The van der Waals surface area contributed by atoms with Crippen molar-refractivity contribution in [2.45, 2.75) is 105 Å². The summed E-state index contributed by atoms with van der Waals surface area (Å²) in [6.07, 6.45) is 7.23. The number of hydrogen-bond acceptors (Lipinski definition) is 17. The van der Waals surface area contributed by atoms with Gasteiger partial charge in [-0.05, 0) is 167 Å². The molecule has 650 valence electrons. The Morgan fingerprint density at radius 1 is 0.309 bits per heavy atom. The van der Waals surface area contributed by atoms with Gasteiger partial charge in [0.05, 0.1) is 64.9 Å². The van der Waals surface area contributed by atoms with Crippen LogP contribution in [0.5, 0.6) is 0 Å². The van der Waals surface area contributed by atoms with Gasteiger partial charge in [0.1, 0.15) is 26.9 Å². The highest BCUT2D eigenvalue weighted by atomic mass is 31.2. The molecule has 2 atom stereocenters. The second-order valence-electron chi connectivity index (χ2n) is 28.0. The molecule has 0 spiro atoms. The molecule has 7 aromatic carbocycles. The molecule has 4 aliphatic heterocycles. The van der Waals surface area contributed by atoms with Crippen molar-refractivity contribution >= 4 is 124 Å². The number of carbonyl (C=O) groups is 4. The van der Waals surface area contributed by atoms with Gasteiger partial charge in [-0.3, -0.25) is 79.5 Å². The summed E-state index contributed by atoms with van der Waals surface area (Å²) in [7, 11) is -14.4. The molecule has 0 saturated heterocycles. The third-order valence-electron chi connectivity index (χ3n) is 19.3. The minimum Gasteiger partial charge on any atom is -0.359 e. The van der Waals surface area contributed by atoms with Gasteiger partial charge < -0.3 is 34.6 Å². The van der Waals surface area contributed by atoms with E-state index in [2.05, 4.69) is 29.0 Å². The number of para-hydroxylation sites is 4. The molecule has 0 saturated carbocycles. The molecule has 2 unspecified atom stereocenters. The van der Waals surface area contributed by atoms with Gasteiger partial charge in [-0.1, -0.05) is 193 Å². The Kier molecular flexibility index (Phi) is 33.9. The molecule has 32 heteroatoms. The number of rotatable bonds is 27. The standard InChI is InChI=1S/C30H29N2O5P.C24H25N2O5P.C17H19N2O5P.C16H17N2O5P.4CH4/c1-22-17-23(2)31-28(22)18-27-26-15-9-10-16-29(26)32(30(27)33)21-37-38(34,35-19-24-11-5-3-6-12-24)36-20-25-13-7-4-8-14-25;1-17-13-18(2)25-22(17)14-21-20-11-7-8-12-23(20)26(24(21)27)16-31-32(28,29-3)30-15-19-9-5-4-6-10-19;1-11-8-12(2)18-15(11)9-14-13-6-4-5-7-16(13)19(17(14)20)10-24-25(21,22)23-3;1-10-7-11(2)17-14(10)8-13-12-5-3-4-6-15(12)18(16(13)19)9-23-24(20,21)22;;;;/h3-18,31H,19-21H2,1-2H3;4-14,25H,15-16H2,1-3H3;4-9,18H,10H2,1-3H3,(H,21,22);3-8,17H,9H2,1-2H3,(H2,20,21,22);4*1H4/b27-18-;21-14-;14-9-;13-8-;;;;. The maximum atomic E-state index is 13.7. The average Bonchev–Trinajstić information content (AvgIpc) is 1.64. The molecule has 0 aliphatic carbocycles.